The van der Waals surface area contributed by atoms with Gasteiger partial charge in [-0.1, -0.05) is 13.8 Å². The van der Waals surface area contributed by atoms with Crippen molar-refractivity contribution in [3.63, 3.8) is 0 Å². The molecule has 3 heteroatoms. The van der Waals surface area contributed by atoms with Crippen LogP contribution in [0.1, 0.15) is 19.7 Å². The molecule has 0 aliphatic carbocycles. The van der Waals surface area contributed by atoms with Gasteiger partial charge in [-0.2, -0.15) is 4.37 Å². The standard InChI is InChI=1S/C6H10N2S/c1-5(2)3-6-7-4-9-8-6/h4-5H,3H2,1-2H3. The van der Waals surface area contributed by atoms with Gasteiger partial charge in [0, 0.05) is 6.42 Å². The molecule has 0 aliphatic rings. The van der Waals surface area contributed by atoms with E-state index in [9.17, 15) is 0 Å². The molecular weight excluding hydrogens is 132 g/mol. The van der Waals surface area contributed by atoms with Crippen LogP contribution in [0.25, 0.3) is 0 Å². The molecule has 0 bridgehead atoms. The fourth-order valence-corrected chi connectivity index (χ4v) is 1.11. The maximum atomic E-state index is 4.09. The second-order valence-corrected chi connectivity index (χ2v) is 3.05. The van der Waals surface area contributed by atoms with Gasteiger partial charge in [-0.25, -0.2) is 4.98 Å². The lowest BCUT2D eigenvalue weighted by Crippen LogP contribution is -1.94. The number of nitrogens with zero attached hydrogens (tertiary/aromatic N) is 2. The molecular formula is C6H10N2S. The third kappa shape index (κ3) is 2.10. The first-order valence-electron chi connectivity index (χ1n) is 3.04. The minimum Gasteiger partial charge on any atom is -0.228 e. The van der Waals surface area contributed by atoms with Gasteiger partial charge in [-0.3, -0.25) is 0 Å². The van der Waals surface area contributed by atoms with Crippen LogP contribution in [0.2, 0.25) is 0 Å². The zero-order valence-electron chi connectivity index (χ0n) is 5.66. The average Bonchev–Trinajstić information content (AvgIpc) is 2.15. The molecule has 9 heavy (non-hydrogen) atoms. The summed E-state index contributed by atoms with van der Waals surface area (Å²) >= 11 is 1.42. The Hall–Kier alpha value is -0.440. The summed E-state index contributed by atoms with van der Waals surface area (Å²) in [6.07, 6.45) is 1.00. The third-order valence-corrected chi connectivity index (χ3v) is 1.51. The van der Waals surface area contributed by atoms with Crippen molar-refractivity contribution in [3.05, 3.63) is 11.3 Å². The fourth-order valence-electron chi connectivity index (χ4n) is 0.648. The van der Waals surface area contributed by atoms with Crippen molar-refractivity contribution in [2.45, 2.75) is 20.3 Å². The van der Waals surface area contributed by atoms with Crippen LogP contribution in [0.15, 0.2) is 5.51 Å². The highest BCUT2D eigenvalue weighted by molar-refractivity contribution is 7.03. The van der Waals surface area contributed by atoms with Crippen molar-refractivity contribution in [3.8, 4) is 0 Å². The molecule has 1 aromatic rings. The molecule has 0 saturated heterocycles. The van der Waals surface area contributed by atoms with Crippen LogP contribution in [0.3, 0.4) is 0 Å². The van der Waals surface area contributed by atoms with Crippen LogP contribution < -0.4 is 0 Å². The zero-order valence-corrected chi connectivity index (χ0v) is 6.48. The first-order valence-corrected chi connectivity index (χ1v) is 3.88. The lowest BCUT2D eigenvalue weighted by Gasteiger charge is -1.96. The average molecular weight is 142 g/mol. The minimum absolute atomic E-state index is 0.666. The lowest BCUT2D eigenvalue weighted by atomic mass is 10.1. The zero-order chi connectivity index (χ0) is 6.69. The van der Waals surface area contributed by atoms with Gasteiger partial charge < -0.3 is 0 Å². The Kier molecular flexibility index (Phi) is 2.16. The van der Waals surface area contributed by atoms with Crippen LogP contribution >= 0.6 is 11.5 Å². The molecule has 2 nitrogen and oxygen atoms in total. The molecule has 0 aliphatic heterocycles. The molecule has 0 unspecified atom stereocenters. The highest BCUT2D eigenvalue weighted by Crippen LogP contribution is 2.02. The summed E-state index contributed by atoms with van der Waals surface area (Å²) in [6.45, 7) is 4.34. The molecule has 0 atom stereocenters. The second kappa shape index (κ2) is 2.92. The first-order chi connectivity index (χ1) is 4.29. The molecule has 0 aromatic carbocycles. The summed E-state index contributed by atoms with van der Waals surface area (Å²) < 4.78 is 4.09. The highest BCUT2D eigenvalue weighted by atomic mass is 32.1. The van der Waals surface area contributed by atoms with Gasteiger partial charge in [0.05, 0.1) is 0 Å². The van der Waals surface area contributed by atoms with Crippen molar-refractivity contribution in [2.75, 3.05) is 0 Å². The predicted molar refractivity (Wildman–Crippen MR) is 38.5 cm³/mol. The number of rotatable bonds is 2. The summed E-state index contributed by atoms with van der Waals surface area (Å²) in [7, 11) is 0. The molecule has 1 aromatic heterocycles. The number of hydrogen-bond donors (Lipinski definition) is 0. The Labute approximate surface area is 59.1 Å². The SMILES string of the molecule is CC(C)Cc1ncsn1. The first kappa shape index (κ1) is 6.68. The molecule has 0 amide bonds. The normalized spacial score (nSPS) is 10.6. The van der Waals surface area contributed by atoms with Crippen LogP contribution in [0.5, 0.6) is 0 Å². The van der Waals surface area contributed by atoms with Gasteiger partial charge in [0.15, 0.2) is 0 Å². The van der Waals surface area contributed by atoms with Crippen molar-refractivity contribution < 1.29 is 0 Å². The summed E-state index contributed by atoms with van der Waals surface area (Å²) in [6, 6.07) is 0. The van der Waals surface area contributed by atoms with Crippen molar-refractivity contribution in [1.82, 2.24) is 9.36 Å². The van der Waals surface area contributed by atoms with Gasteiger partial charge in [0.25, 0.3) is 0 Å². The third-order valence-electron chi connectivity index (χ3n) is 0.998. The number of hydrogen-bond acceptors (Lipinski definition) is 3. The largest absolute Gasteiger partial charge is 0.228 e. The maximum Gasteiger partial charge on any atom is 0.142 e. The second-order valence-electron chi connectivity index (χ2n) is 2.45. The molecule has 0 fully saturated rings. The van der Waals surface area contributed by atoms with Crippen LogP contribution in [0, 0.1) is 5.92 Å². The molecule has 0 saturated carbocycles. The van der Waals surface area contributed by atoms with Gasteiger partial charge in [-0.15, -0.1) is 0 Å². The minimum atomic E-state index is 0.666. The number of aromatic nitrogens is 2. The fraction of sp³-hybridized carbons (Fsp3) is 0.667. The Morgan fingerprint density at radius 1 is 1.67 bits per heavy atom. The topological polar surface area (TPSA) is 25.8 Å². The van der Waals surface area contributed by atoms with E-state index in [0.29, 0.717) is 5.92 Å². The van der Waals surface area contributed by atoms with E-state index in [0.717, 1.165) is 12.2 Å². The Morgan fingerprint density at radius 3 is 2.89 bits per heavy atom. The molecule has 1 rings (SSSR count). The van der Waals surface area contributed by atoms with E-state index >= 15 is 0 Å². The van der Waals surface area contributed by atoms with E-state index in [1.807, 2.05) is 0 Å². The van der Waals surface area contributed by atoms with Crippen LogP contribution in [-0.2, 0) is 6.42 Å². The Morgan fingerprint density at radius 2 is 2.44 bits per heavy atom. The molecule has 50 valence electrons. The molecule has 0 N–H and O–H groups in total. The van der Waals surface area contributed by atoms with E-state index < -0.39 is 0 Å². The Bertz CT molecular complexity index is 158. The van der Waals surface area contributed by atoms with Crippen LogP contribution in [-0.4, -0.2) is 9.36 Å². The van der Waals surface area contributed by atoms with E-state index in [1.165, 1.54) is 11.5 Å². The van der Waals surface area contributed by atoms with E-state index in [4.69, 9.17) is 0 Å². The van der Waals surface area contributed by atoms with Crippen molar-refractivity contribution in [1.29, 1.82) is 0 Å². The van der Waals surface area contributed by atoms with Crippen molar-refractivity contribution in [2.24, 2.45) is 5.92 Å². The monoisotopic (exact) mass is 142 g/mol. The maximum absolute atomic E-state index is 4.09. The van der Waals surface area contributed by atoms with Gasteiger partial charge >= 0.3 is 0 Å². The molecule has 0 spiro atoms. The van der Waals surface area contributed by atoms with E-state index in [2.05, 4.69) is 23.2 Å². The molecule has 0 radical (unpaired) electrons. The quantitative estimate of drug-likeness (QED) is 0.628. The summed E-state index contributed by atoms with van der Waals surface area (Å²) in [5.74, 6) is 1.65. The van der Waals surface area contributed by atoms with Crippen LogP contribution in [0.4, 0.5) is 0 Å². The van der Waals surface area contributed by atoms with E-state index in [1.54, 1.807) is 5.51 Å². The molecule has 1 heterocycles. The van der Waals surface area contributed by atoms with E-state index in [-0.39, 0.29) is 0 Å². The van der Waals surface area contributed by atoms with Crippen molar-refractivity contribution >= 4 is 11.5 Å². The van der Waals surface area contributed by atoms with Gasteiger partial charge in [-0.05, 0) is 17.5 Å². The summed E-state index contributed by atoms with van der Waals surface area (Å²) in [5.41, 5.74) is 1.78. The Balaban J connectivity index is 2.48. The smallest absolute Gasteiger partial charge is 0.142 e. The summed E-state index contributed by atoms with van der Waals surface area (Å²) in [5, 5.41) is 0. The van der Waals surface area contributed by atoms with Gasteiger partial charge in [0.1, 0.15) is 11.3 Å². The summed E-state index contributed by atoms with van der Waals surface area (Å²) in [4.78, 5) is 4.06. The lowest BCUT2D eigenvalue weighted by molar-refractivity contribution is 0.627. The predicted octanol–water partition coefficient (Wildman–Crippen LogP) is 1.74. The van der Waals surface area contributed by atoms with Gasteiger partial charge in [0.2, 0.25) is 0 Å². The highest BCUT2D eigenvalue weighted by Gasteiger charge is 1.98.